The molecule has 2 heterocycles. The summed E-state index contributed by atoms with van der Waals surface area (Å²) >= 11 is 0. The Morgan fingerprint density at radius 3 is 2.46 bits per heavy atom. The number of hydrogen-bond acceptors (Lipinski definition) is 6. The Balaban J connectivity index is 1.63. The van der Waals surface area contributed by atoms with E-state index < -0.39 is 29.3 Å². The SMILES string of the molecule is COc1ccc(C(=O)C2=C(O)C(=O)N(c3cccc(-c4ccon4)c3)C2c2ccc(F)cc2)cc1. The molecule has 0 aliphatic carbocycles. The smallest absolute Gasteiger partial charge is 0.294 e. The highest BCUT2D eigenvalue weighted by molar-refractivity contribution is 6.21. The van der Waals surface area contributed by atoms with Crippen LogP contribution in [-0.2, 0) is 4.79 Å². The van der Waals surface area contributed by atoms with Gasteiger partial charge in [0, 0.05) is 22.9 Å². The number of hydrogen-bond donors (Lipinski definition) is 1. The van der Waals surface area contributed by atoms with Crippen molar-refractivity contribution in [2.45, 2.75) is 6.04 Å². The van der Waals surface area contributed by atoms with Gasteiger partial charge in [-0.2, -0.15) is 0 Å². The summed E-state index contributed by atoms with van der Waals surface area (Å²) in [5.74, 6) is -1.83. The maximum atomic E-state index is 13.7. The third-order valence-corrected chi connectivity index (χ3v) is 5.85. The molecule has 5 rings (SSSR count). The van der Waals surface area contributed by atoms with Crippen molar-refractivity contribution in [1.29, 1.82) is 0 Å². The first kappa shape index (κ1) is 22.1. The van der Waals surface area contributed by atoms with Crippen LogP contribution >= 0.6 is 0 Å². The van der Waals surface area contributed by atoms with Gasteiger partial charge in [0.25, 0.3) is 5.91 Å². The number of aromatic nitrogens is 1. The molecular weight excluding hydrogens is 451 g/mol. The number of carbonyl (C=O) groups excluding carboxylic acids is 2. The van der Waals surface area contributed by atoms with Crippen LogP contribution in [0.5, 0.6) is 5.75 Å². The Kier molecular flexibility index (Phi) is 5.62. The molecule has 0 spiro atoms. The first-order valence-electron chi connectivity index (χ1n) is 10.7. The topological polar surface area (TPSA) is 92.9 Å². The van der Waals surface area contributed by atoms with Crippen LogP contribution in [0.3, 0.4) is 0 Å². The van der Waals surface area contributed by atoms with E-state index in [2.05, 4.69) is 5.16 Å². The van der Waals surface area contributed by atoms with E-state index in [4.69, 9.17) is 9.26 Å². The van der Waals surface area contributed by atoms with Crippen molar-refractivity contribution in [1.82, 2.24) is 5.16 Å². The number of aliphatic hydroxyl groups excluding tert-OH is 1. The monoisotopic (exact) mass is 470 g/mol. The van der Waals surface area contributed by atoms with Crippen LogP contribution in [0.15, 0.2) is 101 Å². The third kappa shape index (κ3) is 3.95. The Bertz CT molecular complexity index is 1430. The van der Waals surface area contributed by atoms with Gasteiger partial charge in [-0.1, -0.05) is 29.4 Å². The highest BCUT2D eigenvalue weighted by Crippen LogP contribution is 2.42. The van der Waals surface area contributed by atoms with E-state index in [1.807, 2.05) is 0 Å². The van der Waals surface area contributed by atoms with Gasteiger partial charge in [-0.05, 0) is 54.1 Å². The number of ether oxygens (including phenoxy) is 1. The van der Waals surface area contributed by atoms with E-state index >= 15 is 0 Å². The molecule has 0 saturated carbocycles. The van der Waals surface area contributed by atoms with Gasteiger partial charge < -0.3 is 14.4 Å². The Morgan fingerprint density at radius 2 is 1.80 bits per heavy atom. The van der Waals surface area contributed by atoms with Gasteiger partial charge in [-0.25, -0.2) is 4.39 Å². The molecule has 174 valence electrons. The molecule has 0 saturated heterocycles. The summed E-state index contributed by atoms with van der Waals surface area (Å²) in [6, 6.07) is 19.4. The summed E-state index contributed by atoms with van der Waals surface area (Å²) < 4.78 is 23.8. The first-order valence-corrected chi connectivity index (χ1v) is 10.7. The quantitative estimate of drug-likeness (QED) is 0.386. The van der Waals surface area contributed by atoms with E-state index in [-0.39, 0.29) is 11.1 Å². The molecule has 1 aliphatic rings. The Morgan fingerprint density at radius 1 is 1.06 bits per heavy atom. The minimum Gasteiger partial charge on any atom is -0.503 e. The maximum Gasteiger partial charge on any atom is 0.294 e. The Labute approximate surface area is 199 Å². The molecule has 35 heavy (non-hydrogen) atoms. The molecule has 7 nitrogen and oxygen atoms in total. The minimum absolute atomic E-state index is 0.0985. The first-order chi connectivity index (χ1) is 17.0. The molecule has 1 N–H and O–H groups in total. The molecule has 8 heteroatoms. The van der Waals surface area contributed by atoms with Crippen molar-refractivity contribution in [3.05, 3.63) is 113 Å². The van der Waals surface area contributed by atoms with Crippen molar-refractivity contribution < 1.29 is 28.3 Å². The van der Waals surface area contributed by atoms with Gasteiger partial charge >= 0.3 is 0 Å². The zero-order chi connectivity index (χ0) is 24.5. The second-order valence-corrected chi connectivity index (χ2v) is 7.88. The average molecular weight is 470 g/mol. The fraction of sp³-hybridized carbons (Fsp3) is 0.0741. The van der Waals surface area contributed by atoms with Crippen LogP contribution < -0.4 is 9.64 Å². The van der Waals surface area contributed by atoms with Gasteiger partial charge in [0.2, 0.25) is 0 Å². The second-order valence-electron chi connectivity index (χ2n) is 7.88. The number of carbonyl (C=O) groups is 2. The van der Waals surface area contributed by atoms with Crippen molar-refractivity contribution in [2.24, 2.45) is 0 Å². The summed E-state index contributed by atoms with van der Waals surface area (Å²) in [7, 11) is 1.51. The predicted octanol–water partition coefficient (Wildman–Crippen LogP) is 5.27. The Hall–Kier alpha value is -4.72. The van der Waals surface area contributed by atoms with Crippen molar-refractivity contribution in [2.75, 3.05) is 12.0 Å². The normalized spacial score (nSPS) is 15.5. The van der Waals surface area contributed by atoms with E-state index in [9.17, 15) is 19.1 Å². The molecule has 1 amide bonds. The number of anilines is 1. The molecule has 0 bridgehead atoms. The number of rotatable bonds is 6. The lowest BCUT2D eigenvalue weighted by molar-refractivity contribution is -0.117. The fourth-order valence-electron chi connectivity index (χ4n) is 4.14. The lowest BCUT2D eigenvalue weighted by Gasteiger charge is -2.27. The van der Waals surface area contributed by atoms with Crippen LogP contribution in [0.1, 0.15) is 22.0 Å². The largest absolute Gasteiger partial charge is 0.503 e. The van der Waals surface area contributed by atoms with Crippen LogP contribution in [0.25, 0.3) is 11.3 Å². The average Bonchev–Trinajstić information content (AvgIpc) is 3.52. The third-order valence-electron chi connectivity index (χ3n) is 5.85. The van der Waals surface area contributed by atoms with Gasteiger partial charge in [0.15, 0.2) is 11.5 Å². The number of amides is 1. The van der Waals surface area contributed by atoms with Crippen molar-refractivity contribution in [3.63, 3.8) is 0 Å². The molecule has 1 aliphatic heterocycles. The van der Waals surface area contributed by atoms with E-state index in [0.717, 1.165) is 0 Å². The predicted molar refractivity (Wildman–Crippen MR) is 126 cm³/mol. The molecule has 1 aromatic heterocycles. The highest BCUT2D eigenvalue weighted by Gasteiger charge is 2.44. The number of methoxy groups -OCH3 is 1. The van der Waals surface area contributed by atoms with Crippen LogP contribution in [0, 0.1) is 5.82 Å². The lowest BCUT2D eigenvalue weighted by Crippen LogP contribution is -2.31. The number of benzene rings is 3. The van der Waals surface area contributed by atoms with Crippen LogP contribution in [-0.4, -0.2) is 29.1 Å². The van der Waals surface area contributed by atoms with Gasteiger partial charge in [-0.3, -0.25) is 14.5 Å². The van der Waals surface area contributed by atoms with Crippen LogP contribution in [0.4, 0.5) is 10.1 Å². The van der Waals surface area contributed by atoms with E-state index in [1.54, 1.807) is 54.6 Å². The van der Waals surface area contributed by atoms with Crippen LogP contribution in [0.2, 0.25) is 0 Å². The summed E-state index contributed by atoms with van der Waals surface area (Å²) in [5.41, 5.74) is 2.30. The molecule has 3 aromatic carbocycles. The molecule has 1 unspecified atom stereocenters. The van der Waals surface area contributed by atoms with Gasteiger partial charge in [0.1, 0.15) is 23.5 Å². The number of ketones is 1. The fourth-order valence-corrected chi connectivity index (χ4v) is 4.14. The van der Waals surface area contributed by atoms with Gasteiger partial charge in [-0.15, -0.1) is 0 Å². The second kappa shape index (κ2) is 8.90. The lowest BCUT2D eigenvalue weighted by atomic mass is 9.92. The molecule has 0 fully saturated rings. The van der Waals surface area contributed by atoms with E-state index in [1.165, 1.54) is 42.5 Å². The molecule has 4 aromatic rings. The minimum atomic E-state index is -0.981. The zero-order valence-corrected chi connectivity index (χ0v) is 18.5. The van der Waals surface area contributed by atoms with Gasteiger partial charge in [0.05, 0.1) is 18.7 Å². The zero-order valence-electron chi connectivity index (χ0n) is 18.5. The number of nitrogens with zero attached hydrogens (tertiary/aromatic N) is 2. The summed E-state index contributed by atoms with van der Waals surface area (Å²) in [5, 5.41) is 14.8. The molecular formula is C27H19FN2O5. The summed E-state index contributed by atoms with van der Waals surface area (Å²) in [4.78, 5) is 28.2. The number of halogens is 1. The maximum absolute atomic E-state index is 13.7. The number of aliphatic hydroxyl groups is 1. The van der Waals surface area contributed by atoms with E-state index in [0.29, 0.717) is 28.3 Å². The highest BCUT2D eigenvalue weighted by atomic mass is 19.1. The van der Waals surface area contributed by atoms with Crippen molar-refractivity contribution in [3.8, 4) is 17.0 Å². The summed E-state index contributed by atoms with van der Waals surface area (Å²) in [6.07, 6.45) is 1.43. The standard InChI is InChI=1S/C27H19FN2O5/c1-34-21-11-7-17(8-12-21)25(31)23-24(16-5-9-19(28)10-6-16)30(27(33)26(23)32)20-4-2-3-18(15-20)22-13-14-35-29-22/h2-15,24,32H,1H3. The molecule has 1 atom stereocenters. The number of Topliss-reactive ketones (excluding diaryl/α,β-unsaturated/α-hetero) is 1. The summed E-state index contributed by atoms with van der Waals surface area (Å²) in [6.45, 7) is 0. The van der Waals surface area contributed by atoms with Crippen molar-refractivity contribution >= 4 is 17.4 Å². The molecule has 0 radical (unpaired) electrons.